The van der Waals surface area contributed by atoms with Gasteiger partial charge in [0.25, 0.3) is 5.91 Å². The van der Waals surface area contributed by atoms with E-state index in [-0.39, 0.29) is 5.91 Å². The van der Waals surface area contributed by atoms with Crippen LogP contribution >= 0.6 is 0 Å². The molecule has 108 valence electrons. The van der Waals surface area contributed by atoms with Gasteiger partial charge in [-0.15, -0.1) is 0 Å². The third kappa shape index (κ3) is 3.14. The zero-order valence-electron chi connectivity index (χ0n) is 12.1. The number of nitrogens with two attached hydrogens (primary N) is 1. The third-order valence-electron chi connectivity index (χ3n) is 4.01. The van der Waals surface area contributed by atoms with E-state index in [4.69, 9.17) is 5.73 Å². The molecule has 3 N–H and O–H groups in total. The highest BCUT2D eigenvalue weighted by atomic mass is 16.1. The second-order valence-electron chi connectivity index (χ2n) is 5.53. The van der Waals surface area contributed by atoms with Crippen LogP contribution in [-0.4, -0.2) is 12.5 Å². The normalized spacial score (nSPS) is 13.0. The Morgan fingerprint density at radius 3 is 2.57 bits per heavy atom. The fourth-order valence-electron chi connectivity index (χ4n) is 2.84. The van der Waals surface area contributed by atoms with E-state index < -0.39 is 0 Å². The van der Waals surface area contributed by atoms with Crippen LogP contribution in [0.5, 0.6) is 0 Å². The zero-order valence-corrected chi connectivity index (χ0v) is 12.1. The molecule has 2 aromatic carbocycles. The van der Waals surface area contributed by atoms with Gasteiger partial charge in [-0.1, -0.05) is 18.2 Å². The fourth-order valence-corrected chi connectivity index (χ4v) is 2.84. The van der Waals surface area contributed by atoms with E-state index in [2.05, 4.69) is 11.4 Å². The van der Waals surface area contributed by atoms with Crippen LogP contribution in [0.25, 0.3) is 0 Å². The van der Waals surface area contributed by atoms with Crippen LogP contribution in [0.1, 0.15) is 33.5 Å². The number of carbonyl (C=O) groups excluding carboxylic acids is 1. The van der Waals surface area contributed by atoms with E-state index in [1.54, 1.807) is 0 Å². The lowest BCUT2D eigenvalue weighted by Gasteiger charge is -2.08. The van der Waals surface area contributed by atoms with Gasteiger partial charge in [0.05, 0.1) is 0 Å². The summed E-state index contributed by atoms with van der Waals surface area (Å²) < 4.78 is 0. The number of benzene rings is 2. The van der Waals surface area contributed by atoms with E-state index in [0.29, 0.717) is 6.54 Å². The highest BCUT2D eigenvalue weighted by Crippen LogP contribution is 2.23. The summed E-state index contributed by atoms with van der Waals surface area (Å²) in [5.41, 5.74) is 11.0. The van der Waals surface area contributed by atoms with E-state index in [0.717, 1.165) is 30.5 Å². The first-order valence-electron chi connectivity index (χ1n) is 7.48. The van der Waals surface area contributed by atoms with Gasteiger partial charge < -0.3 is 11.1 Å². The Morgan fingerprint density at radius 1 is 1.05 bits per heavy atom. The second kappa shape index (κ2) is 6.10. The number of anilines is 1. The summed E-state index contributed by atoms with van der Waals surface area (Å²) in [6, 6.07) is 13.9. The molecule has 1 aliphatic carbocycles. The van der Waals surface area contributed by atoms with Crippen molar-refractivity contribution in [3.63, 3.8) is 0 Å². The molecule has 2 aromatic rings. The first-order chi connectivity index (χ1) is 10.3. The molecule has 0 aliphatic heterocycles. The third-order valence-corrected chi connectivity index (χ3v) is 4.01. The largest absolute Gasteiger partial charge is 0.330 e. The van der Waals surface area contributed by atoms with Crippen molar-refractivity contribution < 1.29 is 4.79 Å². The SMILES string of the molecule is NCCc1ccc(NC(=O)c2ccc3c(c2)CCC3)cc1. The smallest absolute Gasteiger partial charge is 0.255 e. The molecule has 0 saturated heterocycles. The number of hydrogen-bond acceptors (Lipinski definition) is 2. The van der Waals surface area contributed by atoms with Gasteiger partial charge in [0.2, 0.25) is 0 Å². The van der Waals surface area contributed by atoms with E-state index in [1.165, 1.54) is 23.1 Å². The number of carbonyl (C=O) groups is 1. The quantitative estimate of drug-likeness (QED) is 0.904. The summed E-state index contributed by atoms with van der Waals surface area (Å²) >= 11 is 0. The van der Waals surface area contributed by atoms with Crippen molar-refractivity contribution in [1.82, 2.24) is 0 Å². The molecule has 3 rings (SSSR count). The van der Waals surface area contributed by atoms with E-state index >= 15 is 0 Å². The van der Waals surface area contributed by atoms with Gasteiger partial charge in [-0.25, -0.2) is 0 Å². The number of aryl methyl sites for hydroxylation is 2. The molecule has 0 saturated carbocycles. The van der Waals surface area contributed by atoms with E-state index in [1.807, 2.05) is 36.4 Å². The minimum Gasteiger partial charge on any atom is -0.330 e. The molecule has 1 aliphatic rings. The van der Waals surface area contributed by atoms with Gasteiger partial charge in [0, 0.05) is 11.3 Å². The first-order valence-corrected chi connectivity index (χ1v) is 7.48. The number of fused-ring (bicyclic) bond motifs is 1. The Hall–Kier alpha value is -2.13. The van der Waals surface area contributed by atoms with Gasteiger partial charge in [-0.05, 0) is 73.2 Å². The number of amides is 1. The van der Waals surface area contributed by atoms with Gasteiger partial charge in [0.15, 0.2) is 0 Å². The Bertz CT molecular complexity index is 647. The maximum Gasteiger partial charge on any atom is 0.255 e. The van der Waals surface area contributed by atoms with Crippen LogP contribution in [0.15, 0.2) is 42.5 Å². The van der Waals surface area contributed by atoms with Crippen LogP contribution < -0.4 is 11.1 Å². The van der Waals surface area contributed by atoms with Crippen molar-refractivity contribution in [2.75, 3.05) is 11.9 Å². The molecule has 0 fully saturated rings. The Kier molecular flexibility index (Phi) is 4.02. The first kappa shape index (κ1) is 13.8. The maximum atomic E-state index is 12.3. The monoisotopic (exact) mass is 280 g/mol. The molecular formula is C18H20N2O. The van der Waals surface area contributed by atoms with Crippen molar-refractivity contribution >= 4 is 11.6 Å². The standard InChI is InChI=1S/C18H20N2O/c19-11-10-13-4-8-17(9-5-13)20-18(21)16-7-6-14-2-1-3-15(14)12-16/h4-9,12H,1-3,10-11,19H2,(H,20,21). The molecular weight excluding hydrogens is 260 g/mol. The van der Waals surface area contributed by atoms with Gasteiger partial charge in [0.1, 0.15) is 0 Å². The Morgan fingerprint density at radius 2 is 1.81 bits per heavy atom. The lowest BCUT2D eigenvalue weighted by Crippen LogP contribution is -2.12. The molecule has 3 nitrogen and oxygen atoms in total. The topological polar surface area (TPSA) is 55.1 Å². The summed E-state index contributed by atoms with van der Waals surface area (Å²) in [6.07, 6.45) is 4.28. The van der Waals surface area contributed by atoms with Crippen molar-refractivity contribution in [3.05, 3.63) is 64.7 Å². The maximum absolute atomic E-state index is 12.3. The zero-order chi connectivity index (χ0) is 14.7. The molecule has 0 aromatic heterocycles. The highest BCUT2D eigenvalue weighted by molar-refractivity contribution is 6.04. The van der Waals surface area contributed by atoms with E-state index in [9.17, 15) is 4.79 Å². The van der Waals surface area contributed by atoms with Crippen molar-refractivity contribution in [2.24, 2.45) is 5.73 Å². The summed E-state index contributed by atoms with van der Waals surface area (Å²) in [6.45, 7) is 0.640. The van der Waals surface area contributed by atoms with Crippen LogP contribution in [0.3, 0.4) is 0 Å². The van der Waals surface area contributed by atoms with Gasteiger partial charge in [-0.3, -0.25) is 4.79 Å². The summed E-state index contributed by atoms with van der Waals surface area (Å²) in [5.74, 6) is -0.0451. The number of hydrogen-bond donors (Lipinski definition) is 2. The summed E-state index contributed by atoms with van der Waals surface area (Å²) in [4.78, 5) is 12.3. The molecule has 0 spiro atoms. The average molecular weight is 280 g/mol. The van der Waals surface area contributed by atoms with Crippen LogP contribution in [0.4, 0.5) is 5.69 Å². The Labute approximate surface area is 125 Å². The predicted molar refractivity (Wildman–Crippen MR) is 85.6 cm³/mol. The minimum atomic E-state index is -0.0451. The second-order valence-corrected chi connectivity index (χ2v) is 5.53. The fraction of sp³-hybridized carbons (Fsp3) is 0.278. The molecule has 3 heteroatoms. The summed E-state index contributed by atoms with van der Waals surface area (Å²) in [7, 11) is 0. The molecule has 21 heavy (non-hydrogen) atoms. The lowest BCUT2D eigenvalue weighted by molar-refractivity contribution is 0.102. The molecule has 1 amide bonds. The molecule has 0 unspecified atom stereocenters. The predicted octanol–water partition coefficient (Wildman–Crippen LogP) is 2.93. The van der Waals surface area contributed by atoms with Crippen molar-refractivity contribution in [1.29, 1.82) is 0 Å². The van der Waals surface area contributed by atoms with Gasteiger partial charge >= 0.3 is 0 Å². The lowest BCUT2D eigenvalue weighted by atomic mass is 10.1. The molecule has 0 heterocycles. The molecule has 0 atom stereocenters. The van der Waals surface area contributed by atoms with Crippen molar-refractivity contribution in [3.8, 4) is 0 Å². The Balaban J connectivity index is 1.71. The minimum absolute atomic E-state index is 0.0451. The number of rotatable bonds is 4. The van der Waals surface area contributed by atoms with Crippen LogP contribution in [-0.2, 0) is 19.3 Å². The van der Waals surface area contributed by atoms with Crippen LogP contribution in [0, 0.1) is 0 Å². The number of nitrogens with one attached hydrogen (secondary N) is 1. The van der Waals surface area contributed by atoms with Crippen LogP contribution in [0.2, 0.25) is 0 Å². The molecule has 0 bridgehead atoms. The van der Waals surface area contributed by atoms with Gasteiger partial charge in [-0.2, -0.15) is 0 Å². The average Bonchev–Trinajstić information content (AvgIpc) is 2.97. The highest BCUT2D eigenvalue weighted by Gasteiger charge is 2.13. The summed E-state index contributed by atoms with van der Waals surface area (Å²) in [5, 5.41) is 2.95. The van der Waals surface area contributed by atoms with Crippen molar-refractivity contribution in [2.45, 2.75) is 25.7 Å². The molecule has 0 radical (unpaired) electrons.